The molecule has 2 unspecified atom stereocenters. The average molecular weight is 293 g/mol. The van der Waals surface area contributed by atoms with Gasteiger partial charge in [0.25, 0.3) is 5.91 Å². The zero-order chi connectivity index (χ0) is 15.6. The number of hydrogen-bond acceptors (Lipinski definition) is 4. The van der Waals surface area contributed by atoms with Crippen molar-refractivity contribution in [1.82, 2.24) is 4.90 Å². The van der Waals surface area contributed by atoms with Crippen molar-refractivity contribution in [2.75, 3.05) is 20.2 Å². The van der Waals surface area contributed by atoms with E-state index < -0.39 is 11.9 Å². The molecule has 6 nitrogen and oxygen atoms in total. The Morgan fingerprint density at radius 3 is 2.67 bits per heavy atom. The van der Waals surface area contributed by atoms with Crippen LogP contribution in [0.5, 0.6) is 11.5 Å². The zero-order valence-electron chi connectivity index (χ0n) is 12.1. The zero-order valence-corrected chi connectivity index (χ0v) is 12.1. The first-order valence-corrected chi connectivity index (χ1v) is 6.83. The van der Waals surface area contributed by atoms with Crippen LogP contribution in [0.2, 0.25) is 0 Å². The molecule has 1 fully saturated rings. The van der Waals surface area contributed by atoms with E-state index in [1.54, 1.807) is 11.0 Å². The van der Waals surface area contributed by atoms with Gasteiger partial charge in [-0.15, -0.1) is 0 Å². The standard InChI is InChI=1S/C15H19NO5/c1-9-8-16(6-5-11(9)15(19)20)14(18)12-7-10(21-2)3-4-13(12)17/h3-4,7,9,11,17H,5-6,8H2,1-2H3,(H,19,20). The maximum Gasteiger partial charge on any atom is 0.306 e. The topological polar surface area (TPSA) is 87.1 Å². The first kappa shape index (κ1) is 15.2. The number of nitrogens with zero attached hydrogens (tertiary/aromatic N) is 1. The highest BCUT2D eigenvalue weighted by Gasteiger charge is 2.33. The molecule has 0 radical (unpaired) electrons. The number of hydrogen-bond donors (Lipinski definition) is 2. The van der Waals surface area contributed by atoms with Crippen LogP contribution >= 0.6 is 0 Å². The number of amides is 1. The van der Waals surface area contributed by atoms with E-state index in [1.165, 1.54) is 19.2 Å². The lowest BCUT2D eigenvalue weighted by atomic mass is 9.87. The van der Waals surface area contributed by atoms with Crippen LogP contribution < -0.4 is 4.74 Å². The maximum atomic E-state index is 12.5. The number of phenols is 1. The first-order valence-electron chi connectivity index (χ1n) is 6.83. The third kappa shape index (κ3) is 3.09. The molecule has 1 aliphatic heterocycles. The van der Waals surface area contributed by atoms with Gasteiger partial charge in [0.15, 0.2) is 0 Å². The molecule has 0 bridgehead atoms. The molecular weight excluding hydrogens is 274 g/mol. The van der Waals surface area contributed by atoms with Gasteiger partial charge in [0.2, 0.25) is 0 Å². The number of phenolic OH excluding ortho intramolecular Hbond substituents is 1. The van der Waals surface area contributed by atoms with Crippen molar-refractivity contribution in [2.24, 2.45) is 11.8 Å². The Labute approximate surface area is 122 Å². The molecule has 0 aliphatic carbocycles. The van der Waals surface area contributed by atoms with E-state index in [0.29, 0.717) is 25.3 Å². The van der Waals surface area contributed by atoms with Gasteiger partial charge in [-0.05, 0) is 30.5 Å². The predicted octanol–water partition coefficient (Wildman–Crippen LogP) is 1.58. The summed E-state index contributed by atoms with van der Waals surface area (Å²) in [6.07, 6.45) is 0.424. The molecule has 0 saturated carbocycles. The molecule has 1 heterocycles. The maximum absolute atomic E-state index is 12.5. The number of carboxylic acids is 1. The number of methoxy groups -OCH3 is 1. The molecule has 1 saturated heterocycles. The molecule has 1 amide bonds. The molecule has 0 aromatic heterocycles. The molecule has 1 aromatic carbocycles. The van der Waals surface area contributed by atoms with Crippen LogP contribution in [-0.2, 0) is 4.79 Å². The molecule has 21 heavy (non-hydrogen) atoms. The Kier molecular flexibility index (Phi) is 4.35. The average Bonchev–Trinajstić information content (AvgIpc) is 2.46. The molecule has 2 rings (SSSR count). The molecule has 6 heteroatoms. The van der Waals surface area contributed by atoms with Gasteiger partial charge in [-0.25, -0.2) is 0 Å². The van der Waals surface area contributed by atoms with Gasteiger partial charge < -0.3 is 19.8 Å². The molecule has 1 aliphatic rings. The molecule has 114 valence electrons. The van der Waals surface area contributed by atoms with Crippen LogP contribution in [0, 0.1) is 11.8 Å². The Balaban J connectivity index is 2.16. The molecule has 2 atom stereocenters. The van der Waals surface area contributed by atoms with E-state index in [2.05, 4.69) is 0 Å². The summed E-state index contributed by atoms with van der Waals surface area (Å²) in [7, 11) is 1.49. The van der Waals surface area contributed by atoms with Crippen molar-refractivity contribution >= 4 is 11.9 Å². The fourth-order valence-electron chi connectivity index (χ4n) is 2.68. The van der Waals surface area contributed by atoms with Crippen LogP contribution in [0.4, 0.5) is 0 Å². The van der Waals surface area contributed by atoms with Crippen LogP contribution in [0.15, 0.2) is 18.2 Å². The molecule has 0 spiro atoms. The highest BCUT2D eigenvalue weighted by molar-refractivity contribution is 5.97. The van der Waals surface area contributed by atoms with E-state index in [0.717, 1.165) is 0 Å². The van der Waals surface area contributed by atoms with Crippen molar-refractivity contribution < 1.29 is 24.5 Å². The minimum Gasteiger partial charge on any atom is -0.507 e. The second-order valence-corrected chi connectivity index (χ2v) is 5.34. The van der Waals surface area contributed by atoms with Crippen molar-refractivity contribution in [3.63, 3.8) is 0 Å². The van der Waals surface area contributed by atoms with Crippen molar-refractivity contribution in [1.29, 1.82) is 0 Å². The van der Waals surface area contributed by atoms with Gasteiger partial charge in [0, 0.05) is 13.1 Å². The van der Waals surface area contributed by atoms with Crippen molar-refractivity contribution in [2.45, 2.75) is 13.3 Å². The normalized spacial score (nSPS) is 21.9. The third-order valence-electron chi connectivity index (χ3n) is 3.94. The predicted molar refractivity (Wildman–Crippen MR) is 75.5 cm³/mol. The summed E-state index contributed by atoms with van der Waals surface area (Å²) >= 11 is 0. The molecular formula is C15H19NO5. The largest absolute Gasteiger partial charge is 0.507 e. The summed E-state index contributed by atoms with van der Waals surface area (Å²) in [4.78, 5) is 25.1. The third-order valence-corrected chi connectivity index (χ3v) is 3.94. The van der Waals surface area contributed by atoms with Crippen LogP contribution in [0.25, 0.3) is 0 Å². The summed E-state index contributed by atoms with van der Waals surface area (Å²) in [6.45, 7) is 2.56. The fourth-order valence-corrected chi connectivity index (χ4v) is 2.68. The second-order valence-electron chi connectivity index (χ2n) is 5.34. The number of aliphatic carboxylic acids is 1. The SMILES string of the molecule is COc1ccc(O)c(C(=O)N2CCC(C(=O)O)C(C)C2)c1. The fraction of sp³-hybridized carbons (Fsp3) is 0.467. The first-order chi connectivity index (χ1) is 9.93. The number of carbonyl (C=O) groups is 2. The van der Waals surface area contributed by atoms with E-state index >= 15 is 0 Å². The van der Waals surface area contributed by atoms with Crippen LogP contribution in [0.3, 0.4) is 0 Å². The number of carbonyl (C=O) groups excluding carboxylic acids is 1. The summed E-state index contributed by atoms with van der Waals surface area (Å²) in [5, 5.41) is 18.9. The summed E-state index contributed by atoms with van der Waals surface area (Å²) < 4.78 is 5.06. The van der Waals surface area contributed by atoms with Gasteiger partial charge in [0.1, 0.15) is 11.5 Å². The number of benzene rings is 1. The quantitative estimate of drug-likeness (QED) is 0.883. The van der Waals surface area contributed by atoms with E-state index in [4.69, 9.17) is 9.84 Å². The Bertz CT molecular complexity index is 557. The van der Waals surface area contributed by atoms with E-state index in [9.17, 15) is 14.7 Å². The van der Waals surface area contributed by atoms with Gasteiger partial charge >= 0.3 is 5.97 Å². The minimum absolute atomic E-state index is 0.103. The number of rotatable bonds is 3. The van der Waals surface area contributed by atoms with Gasteiger partial charge in [0.05, 0.1) is 18.6 Å². The summed E-state index contributed by atoms with van der Waals surface area (Å²) in [6, 6.07) is 4.48. The summed E-state index contributed by atoms with van der Waals surface area (Å²) in [5.41, 5.74) is 0.176. The Morgan fingerprint density at radius 1 is 1.38 bits per heavy atom. The van der Waals surface area contributed by atoms with E-state index in [1.807, 2.05) is 6.92 Å². The van der Waals surface area contributed by atoms with Gasteiger partial charge in [-0.3, -0.25) is 9.59 Å². The lowest BCUT2D eigenvalue weighted by Gasteiger charge is -2.35. The van der Waals surface area contributed by atoms with Crippen LogP contribution in [0.1, 0.15) is 23.7 Å². The monoisotopic (exact) mass is 293 g/mol. The highest BCUT2D eigenvalue weighted by atomic mass is 16.5. The number of carboxylic acid groups (broad SMARTS) is 1. The Hall–Kier alpha value is -2.24. The lowest BCUT2D eigenvalue weighted by Crippen LogP contribution is -2.45. The van der Waals surface area contributed by atoms with Crippen LogP contribution in [-0.4, -0.2) is 47.2 Å². The molecule has 1 aromatic rings. The smallest absolute Gasteiger partial charge is 0.306 e. The van der Waals surface area contributed by atoms with Gasteiger partial charge in [-0.1, -0.05) is 6.92 Å². The molecule has 2 N–H and O–H groups in total. The van der Waals surface area contributed by atoms with Gasteiger partial charge in [-0.2, -0.15) is 0 Å². The van der Waals surface area contributed by atoms with Crippen molar-refractivity contribution in [3.05, 3.63) is 23.8 Å². The number of piperidine rings is 1. The van der Waals surface area contributed by atoms with Crippen molar-refractivity contribution in [3.8, 4) is 11.5 Å². The Morgan fingerprint density at radius 2 is 2.10 bits per heavy atom. The summed E-state index contributed by atoms with van der Waals surface area (Å²) in [5.74, 6) is -1.28. The number of likely N-dealkylation sites (tertiary alicyclic amines) is 1. The number of ether oxygens (including phenoxy) is 1. The number of aromatic hydroxyl groups is 1. The van der Waals surface area contributed by atoms with E-state index in [-0.39, 0.29) is 23.1 Å². The highest BCUT2D eigenvalue weighted by Crippen LogP contribution is 2.28. The minimum atomic E-state index is -0.821. The second kappa shape index (κ2) is 6.03. The lowest BCUT2D eigenvalue weighted by molar-refractivity contribution is -0.145.